The molecular formula is C27H28N8O4. The van der Waals surface area contributed by atoms with Crippen molar-refractivity contribution in [2.24, 2.45) is 0 Å². The Kier molecular flexibility index (Phi) is 6.86. The first-order valence-corrected chi connectivity index (χ1v) is 12.9. The number of nitrogens with zero attached hydrogens (tertiary/aromatic N) is 7. The summed E-state index contributed by atoms with van der Waals surface area (Å²) in [5.41, 5.74) is 8.89. The minimum atomic E-state index is -0.150. The molecule has 0 radical (unpaired) electrons. The zero-order valence-corrected chi connectivity index (χ0v) is 21.3. The molecule has 39 heavy (non-hydrogen) atoms. The van der Waals surface area contributed by atoms with Gasteiger partial charge in [0.25, 0.3) is 5.91 Å². The van der Waals surface area contributed by atoms with Gasteiger partial charge in [-0.3, -0.25) is 14.2 Å². The predicted octanol–water partition coefficient (Wildman–Crippen LogP) is 1.66. The number of morpholine rings is 2. The molecule has 200 valence electrons. The number of amides is 1. The van der Waals surface area contributed by atoms with E-state index in [1.54, 1.807) is 40.2 Å². The van der Waals surface area contributed by atoms with Gasteiger partial charge in [0.1, 0.15) is 0 Å². The van der Waals surface area contributed by atoms with Crippen LogP contribution in [-0.2, 0) is 15.9 Å². The number of hydrogen-bond donors (Lipinski definition) is 1. The number of benzene rings is 1. The van der Waals surface area contributed by atoms with Gasteiger partial charge >= 0.3 is 0 Å². The topological polar surface area (TPSA) is 142 Å². The number of aromatic nitrogens is 5. The van der Waals surface area contributed by atoms with Crippen molar-refractivity contribution >= 4 is 34.7 Å². The van der Waals surface area contributed by atoms with Gasteiger partial charge in [-0.25, -0.2) is 15.0 Å². The summed E-state index contributed by atoms with van der Waals surface area (Å²) in [6.45, 7) is 4.70. The molecule has 2 fully saturated rings. The highest BCUT2D eigenvalue weighted by Crippen LogP contribution is 2.29. The van der Waals surface area contributed by atoms with Crippen LogP contribution in [0, 0.1) is 0 Å². The first kappa shape index (κ1) is 24.9. The van der Waals surface area contributed by atoms with Crippen molar-refractivity contribution in [1.82, 2.24) is 29.4 Å². The normalized spacial score (nSPS) is 16.0. The Bertz CT molecular complexity index is 1490. The van der Waals surface area contributed by atoms with Crippen molar-refractivity contribution in [1.29, 1.82) is 0 Å². The average molecular weight is 529 g/mol. The van der Waals surface area contributed by atoms with Gasteiger partial charge < -0.3 is 25.0 Å². The number of rotatable bonds is 5. The van der Waals surface area contributed by atoms with E-state index in [4.69, 9.17) is 25.2 Å². The maximum atomic E-state index is 13.5. The van der Waals surface area contributed by atoms with Crippen LogP contribution >= 0.6 is 0 Å². The highest BCUT2D eigenvalue weighted by molar-refractivity contribution is 5.98. The summed E-state index contributed by atoms with van der Waals surface area (Å²) in [5, 5.41) is 0.709. The zero-order valence-electron chi connectivity index (χ0n) is 21.3. The fraction of sp³-hybridized carbons (Fsp3) is 0.333. The fourth-order valence-electron chi connectivity index (χ4n) is 4.76. The Balaban J connectivity index is 1.29. The molecule has 2 N–H and O–H groups in total. The molecule has 0 unspecified atom stereocenters. The van der Waals surface area contributed by atoms with Crippen molar-refractivity contribution in [3.05, 3.63) is 60.0 Å². The van der Waals surface area contributed by atoms with Crippen molar-refractivity contribution in [2.75, 3.05) is 63.2 Å². The van der Waals surface area contributed by atoms with E-state index in [1.807, 2.05) is 23.1 Å². The molecule has 1 amide bonds. The van der Waals surface area contributed by atoms with Crippen LogP contribution in [0.25, 0.3) is 22.3 Å². The number of ether oxygens (including phenoxy) is 2. The Morgan fingerprint density at radius 2 is 1.54 bits per heavy atom. The van der Waals surface area contributed by atoms with Crippen molar-refractivity contribution in [3.63, 3.8) is 0 Å². The maximum absolute atomic E-state index is 13.5. The number of fused-ring (bicyclic) bond motifs is 1. The van der Waals surface area contributed by atoms with E-state index >= 15 is 0 Å². The summed E-state index contributed by atoms with van der Waals surface area (Å²) >= 11 is 0. The molecule has 0 bridgehead atoms. The fourth-order valence-corrected chi connectivity index (χ4v) is 4.76. The Morgan fingerprint density at radius 1 is 0.872 bits per heavy atom. The van der Waals surface area contributed by atoms with Crippen LogP contribution in [0.15, 0.2) is 48.9 Å². The first-order valence-electron chi connectivity index (χ1n) is 12.9. The van der Waals surface area contributed by atoms with Gasteiger partial charge in [0.05, 0.1) is 38.5 Å². The van der Waals surface area contributed by atoms with Crippen LogP contribution < -0.4 is 10.6 Å². The van der Waals surface area contributed by atoms with Crippen molar-refractivity contribution in [3.8, 4) is 11.3 Å². The number of nitrogen functional groups attached to an aromatic ring is 1. The number of anilines is 2. The SMILES string of the molecule is Nc1ncc(-c2nc(N3CCOCC3)nc3c2ccn3C(=O)Cc2ccc(C(=O)N3CCOCC3)cc2)cn1. The summed E-state index contributed by atoms with van der Waals surface area (Å²) in [4.78, 5) is 47.9. The van der Waals surface area contributed by atoms with Gasteiger partial charge in [-0.15, -0.1) is 0 Å². The molecule has 1 aromatic carbocycles. The molecule has 5 heterocycles. The molecule has 6 rings (SSSR count). The molecule has 0 saturated carbocycles. The summed E-state index contributed by atoms with van der Waals surface area (Å²) < 4.78 is 12.4. The second-order valence-corrected chi connectivity index (χ2v) is 9.40. The highest BCUT2D eigenvalue weighted by Gasteiger charge is 2.22. The van der Waals surface area contributed by atoms with E-state index < -0.39 is 0 Å². The second-order valence-electron chi connectivity index (χ2n) is 9.40. The van der Waals surface area contributed by atoms with E-state index in [2.05, 4.69) is 9.97 Å². The van der Waals surface area contributed by atoms with Crippen molar-refractivity contribution in [2.45, 2.75) is 6.42 Å². The molecular weight excluding hydrogens is 500 g/mol. The lowest BCUT2D eigenvalue weighted by Crippen LogP contribution is -2.40. The average Bonchev–Trinajstić information content (AvgIpc) is 3.42. The largest absolute Gasteiger partial charge is 0.378 e. The van der Waals surface area contributed by atoms with Gasteiger partial charge in [0.2, 0.25) is 17.8 Å². The van der Waals surface area contributed by atoms with E-state index in [9.17, 15) is 9.59 Å². The van der Waals surface area contributed by atoms with Gasteiger partial charge in [-0.1, -0.05) is 12.1 Å². The van der Waals surface area contributed by atoms with Crippen LogP contribution in [0.5, 0.6) is 0 Å². The van der Waals surface area contributed by atoms with Gasteiger partial charge in [-0.05, 0) is 23.8 Å². The maximum Gasteiger partial charge on any atom is 0.254 e. The molecule has 2 aliphatic heterocycles. The molecule has 0 spiro atoms. The molecule has 12 heteroatoms. The van der Waals surface area contributed by atoms with E-state index in [-0.39, 0.29) is 24.2 Å². The Morgan fingerprint density at radius 3 is 2.23 bits per heavy atom. The number of carbonyl (C=O) groups is 2. The van der Waals surface area contributed by atoms with E-state index in [0.29, 0.717) is 86.4 Å². The standard InChI is InChI=1S/C27H28N8O4/c28-26-29-16-20(17-30-26)23-21-5-6-35(24(21)32-27(31-23)34-9-13-39-14-10-34)22(36)15-18-1-3-19(4-2-18)25(37)33-7-11-38-12-8-33/h1-6,16-17H,7-15H2,(H2,28,29,30). The molecule has 12 nitrogen and oxygen atoms in total. The Labute approximate surface area is 224 Å². The lowest BCUT2D eigenvalue weighted by atomic mass is 10.1. The number of hydrogen-bond acceptors (Lipinski definition) is 10. The van der Waals surface area contributed by atoms with Crippen LogP contribution in [0.3, 0.4) is 0 Å². The van der Waals surface area contributed by atoms with Crippen LogP contribution in [0.1, 0.15) is 20.7 Å². The molecule has 2 saturated heterocycles. The van der Waals surface area contributed by atoms with Crippen LogP contribution in [0.2, 0.25) is 0 Å². The summed E-state index contributed by atoms with van der Waals surface area (Å²) in [5.74, 6) is 0.502. The number of carbonyl (C=O) groups excluding carboxylic acids is 2. The summed E-state index contributed by atoms with van der Waals surface area (Å²) in [7, 11) is 0. The molecule has 0 aliphatic carbocycles. The van der Waals surface area contributed by atoms with Crippen LogP contribution in [0.4, 0.5) is 11.9 Å². The zero-order chi connectivity index (χ0) is 26.8. The van der Waals surface area contributed by atoms with Gasteiger partial charge in [0, 0.05) is 61.3 Å². The van der Waals surface area contributed by atoms with Crippen LogP contribution in [-0.4, -0.2) is 93.8 Å². The lowest BCUT2D eigenvalue weighted by molar-refractivity contribution is 0.0303. The van der Waals surface area contributed by atoms with Gasteiger partial charge in [-0.2, -0.15) is 4.98 Å². The van der Waals surface area contributed by atoms with Crippen molar-refractivity contribution < 1.29 is 19.1 Å². The van der Waals surface area contributed by atoms with E-state index in [0.717, 1.165) is 5.56 Å². The number of nitrogens with two attached hydrogens (primary N) is 1. The first-order chi connectivity index (χ1) is 19.1. The Hall–Kier alpha value is -4.42. The summed E-state index contributed by atoms with van der Waals surface area (Å²) in [6, 6.07) is 9.01. The van der Waals surface area contributed by atoms with E-state index in [1.165, 1.54) is 0 Å². The minimum absolute atomic E-state index is 0.0286. The molecule has 3 aromatic heterocycles. The summed E-state index contributed by atoms with van der Waals surface area (Å²) in [6.07, 6.45) is 5.09. The third kappa shape index (κ3) is 5.16. The minimum Gasteiger partial charge on any atom is -0.378 e. The van der Waals surface area contributed by atoms with Gasteiger partial charge in [0.15, 0.2) is 5.65 Å². The monoisotopic (exact) mass is 528 g/mol. The smallest absolute Gasteiger partial charge is 0.254 e. The lowest BCUT2D eigenvalue weighted by Gasteiger charge is -2.27. The second kappa shape index (κ2) is 10.8. The molecule has 2 aliphatic rings. The highest BCUT2D eigenvalue weighted by atomic mass is 16.5. The third-order valence-electron chi connectivity index (χ3n) is 6.89. The quantitative estimate of drug-likeness (QED) is 0.406. The predicted molar refractivity (Wildman–Crippen MR) is 143 cm³/mol. The third-order valence-corrected chi connectivity index (χ3v) is 6.89. The molecule has 0 atom stereocenters. The molecule has 4 aromatic rings.